The van der Waals surface area contributed by atoms with Gasteiger partial charge in [-0.1, -0.05) is 12.2 Å². The zero-order valence-corrected chi connectivity index (χ0v) is 15.9. The average molecular weight is 375 g/mol. The molecule has 0 aromatic heterocycles. The van der Waals surface area contributed by atoms with E-state index in [0.717, 1.165) is 26.2 Å². The van der Waals surface area contributed by atoms with Gasteiger partial charge in [0.2, 0.25) is 10.0 Å². The van der Waals surface area contributed by atoms with Crippen molar-refractivity contribution >= 4 is 10.0 Å². The van der Waals surface area contributed by atoms with Crippen LogP contribution in [-0.2, 0) is 10.0 Å². The van der Waals surface area contributed by atoms with Crippen LogP contribution < -0.4 is 0 Å². The highest BCUT2D eigenvalue weighted by Gasteiger charge is 2.28. The van der Waals surface area contributed by atoms with E-state index in [0.29, 0.717) is 31.7 Å². The van der Waals surface area contributed by atoms with Crippen LogP contribution in [-0.4, -0.2) is 74.9 Å². The van der Waals surface area contributed by atoms with E-state index >= 15 is 0 Å². The Bertz CT molecular complexity index is 735. The first-order valence-electron chi connectivity index (χ1n) is 8.68. The van der Waals surface area contributed by atoms with E-state index in [1.54, 1.807) is 0 Å². The minimum Gasteiger partial charge on any atom is -0.299 e. The average Bonchev–Trinajstić information content (AvgIpc) is 2.67. The topological polar surface area (TPSA) is 67.7 Å². The molecule has 0 radical (unpaired) electrons. The van der Waals surface area contributed by atoms with Crippen LogP contribution in [0.2, 0.25) is 0 Å². The SMILES string of the molecule is C=CCN(CC=C)CCN1CCN(S(=O)(=O)c2ccc(C#N)cc2)CC1. The molecular formula is C19H26N4O2S. The first-order chi connectivity index (χ1) is 12.5. The Morgan fingerprint density at radius 3 is 2.15 bits per heavy atom. The molecular weight excluding hydrogens is 348 g/mol. The van der Waals surface area contributed by atoms with Crippen LogP contribution in [0.15, 0.2) is 54.5 Å². The van der Waals surface area contributed by atoms with Gasteiger partial charge in [-0.05, 0) is 24.3 Å². The zero-order valence-electron chi connectivity index (χ0n) is 15.0. The van der Waals surface area contributed by atoms with Crippen molar-refractivity contribution in [3.63, 3.8) is 0 Å². The van der Waals surface area contributed by atoms with Crippen LogP contribution in [0.25, 0.3) is 0 Å². The summed E-state index contributed by atoms with van der Waals surface area (Å²) in [6.07, 6.45) is 3.76. The van der Waals surface area contributed by atoms with Gasteiger partial charge in [0.25, 0.3) is 0 Å². The minimum absolute atomic E-state index is 0.244. The zero-order chi connectivity index (χ0) is 19.0. The lowest BCUT2D eigenvalue weighted by atomic mass is 10.2. The molecule has 1 aromatic carbocycles. The Morgan fingerprint density at radius 1 is 1.08 bits per heavy atom. The summed E-state index contributed by atoms with van der Waals surface area (Å²) < 4.78 is 27.0. The van der Waals surface area contributed by atoms with Gasteiger partial charge in [-0.2, -0.15) is 9.57 Å². The molecule has 7 heteroatoms. The monoisotopic (exact) mass is 374 g/mol. The summed E-state index contributed by atoms with van der Waals surface area (Å²) in [5, 5.41) is 8.84. The summed E-state index contributed by atoms with van der Waals surface area (Å²) in [6, 6.07) is 8.08. The molecule has 0 unspecified atom stereocenters. The van der Waals surface area contributed by atoms with E-state index in [4.69, 9.17) is 5.26 Å². The molecule has 1 fully saturated rings. The fraction of sp³-hybridized carbons (Fsp3) is 0.421. The van der Waals surface area contributed by atoms with Gasteiger partial charge in [-0.25, -0.2) is 8.42 Å². The van der Waals surface area contributed by atoms with Crippen LogP contribution in [0.1, 0.15) is 5.56 Å². The van der Waals surface area contributed by atoms with Gasteiger partial charge >= 0.3 is 0 Å². The van der Waals surface area contributed by atoms with Crippen molar-refractivity contribution in [1.82, 2.24) is 14.1 Å². The van der Waals surface area contributed by atoms with Crippen LogP contribution in [0.3, 0.4) is 0 Å². The Hall–Kier alpha value is -1.98. The Morgan fingerprint density at radius 2 is 1.65 bits per heavy atom. The molecule has 0 saturated carbocycles. The smallest absolute Gasteiger partial charge is 0.243 e. The van der Waals surface area contributed by atoms with Crippen molar-refractivity contribution in [2.75, 3.05) is 52.4 Å². The predicted octanol–water partition coefficient (Wildman–Crippen LogP) is 1.54. The molecule has 0 N–H and O–H groups in total. The van der Waals surface area contributed by atoms with Crippen LogP contribution in [0, 0.1) is 11.3 Å². The Balaban J connectivity index is 1.89. The highest BCUT2D eigenvalue weighted by atomic mass is 32.2. The third-order valence-corrected chi connectivity index (χ3v) is 6.37. The largest absolute Gasteiger partial charge is 0.299 e. The van der Waals surface area contributed by atoms with Crippen molar-refractivity contribution < 1.29 is 8.42 Å². The summed E-state index contributed by atoms with van der Waals surface area (Å²) in [6.45, 7) is 13.4. The number of rotatable bonds is 9. The normalized spacial score (nSPS) is 16.3. The molecule has 0 atom stereocenters. The van der Waals surface area contributed by atoms with Gasteiger partial charge in [0.1, 0.15) is 0 Å². The maximum Gasteiger partial charge on any atom is 0.243 e. The van der Waals surface area contributed by atoms with Crippen LogP contribution >= 0.6 is 0 Å². The molecule has 0 spiro atoms. The molecule has 0 aliphatic carbocycles. The molecule has 6 nitrogen and oxygen atoms in total. The summed E-state index contributed by atoms with van der Waals surface area (Å²) in [7, 11) is -3.50. The van der Waals surface area contributed by atoms with Crippen molar-refractivity contribution in [3.05, 3.63) is 55.1 Å². The van der Waals surface area contributed by atoms with Gasteiger partial charge in [-0.3, -0.25) is 9.80 Å². The standard InChI is InChI=1S/C19H26N4O2S/c1-3-9-21(10-4-2)11-12-22-13-15-23(16-14-22)26(24,25)19-7-5-18(17-20)6-8-19/h3-8H,1-2,9-16H2. The number of hydrogen-bond donors (Lipinski definition) is 0. The maximum absolute atomic E-state index is 12.7. The second kappa shape index (κ2) is 9.64. The Labute approximate surface area is 156 Å². The highest BCUT2D eigenvalue weighted by molar-refractivity contribution is 7.89. The molecule has 1 aliphatic rings. The number of nitriles is 1. The summed E-state index contributed by atoms with van der Waals surface area (Å²) in [5.74, 6) is 0. The second-order valence-corrected chi connectivity index (χ2v) is 8.16. The number of benzene rings is 1. The molecule has 1 aromatic rings. The molecule has 1 aliphatic heterocycles. The number of sulfonamides is 1. The van der Waals surface area contributed by atoms with Gasteiger partial charge in [0.05, 0.1) is 16.5 Å². The van der Waals surface area contributed by atoms with Gasteiger partial charge < -0.3 is 0 Å². The summed E-state index contributed by atoms with van der Waals surface area (Å²) >= 11 is 0. The van der Waals surface area contributed by atoms with E-state index in [-0.39, 0.29) is 4.90 Å². The van der Waals surface area contributed by atoms with Crippen molar-refractivity contribution in [2.24, 2.45) is 0 Å². The number of piperazine rings is 1. The molecule has 140 valence electrons. The second-order valence-electron chi connectivity index (χ2n) is 6.22. The van der Waals surface area contributed by atoms with E-state index < -0.39 is 10.0 Å². The minimum atomic E-state index is -3.50. The van der Waals surface area contributed by atoms with Crippen LogP contribution in [0.4, 0.5) is 0 Å². The van der Waals surface area contributed by atoms with Crippen molar-refractivity contribution in [2.45, 2.75) is 4.90 Å². The van der Waals surface area contributed by atoms with Gasteiger partial charge in [0, 0.05) is 52.4 Å². The molecule has 1 saturated heterocycles. The predicted molar refractivity (Wildman–Crippen MR) is 103 cm³/mol. The van der Waals surface area contributed by atoms with Crippen molar-refractivity contribution in [3.8, 4) is 6.07 Å². The lowest BCUT2D eigenvalue weighted by molar-refractivity contribution is 0.167. The molecule has 0 bridgehead atoms. The first-order valence-corrected chi connectivity index (χ1v) is 10.1. The van der Waals surface area contributed by atoms with E-state index in [1.165, 1.54) is 28.6 Å². The van der Waals surface area contributed by atoms with E-state index in [2.05, 4.69) is 23.0 Å². The third-order valence-electron chi connectivity index (χ3n) is 4.46. The third kappa shape index (κ3) is 5.26. The quantitative estimate of drug-likeness (QED) is 0.614. The fourth-order valence-corrected chi connectivity index (χ4v) is 4.37. The maximum atomic E-state index is 12.7. The van der Waals surface area contributed by atoms with Crippen LogP contribution in [0.5, 0.6) is 0 Å². The molecule has 0 amide bonds. The Kier molecular flexibility index (Phi) is 7.54. The fourth-order valence-electron chi connectivity index (χ4n) is 2.95. The summed E-state index contributed by atoms with van der Waals surface area (Å²) in [4.78, 5) is 4.78. The lowest BCUT2D eigenvalue weighted by Crippen LogP contribution is -2.50. The molecule has 2 rings (SSSR count). The van der Waals surface area contributed by atoms with Gasteiger partial charge in [-0.15, -0.1) is 13.2 Å². The lowest BCUT2D eigenvalue weighted by Gasteiger charge is -2.35. The van der Waals surface area contributed by atoms with Crippen molar-refractivity contribution in [1.29, 1.82) is 5.26 Å². The number of hydrogen-bond acceptors (Lipinski definition) is 5. The highest BCUT2D eigenvalue weighted by Crippen LogP contribution is 2.18. The van der Waals surface area contributed by atoms with E-state index in [9.17, 15) is 8.42 Å². The van der Waals surface area contributed by atoms with Gasteiger partial charge in [0.15, 0.2) is 0 Å². The molecule has 1 heterocycles. The first kappa shape index (κ1) is 20.3. The van der Waals surface area contributed by atoms with E-state index in [1.807, 2.05) is 18.2 Å². The molecule has 26 heavy (non-hydrogen) atoms. The summed E-state index contributed by atoms with van der Waals surface area (Å²) in [5.41, 5.74) is 0.456. The number of nitrogens with zero attached hydrogens (tertiary/aromatic N) is 4.